The molecule has 4 rings (SSSR count). The van der Waals surface area contributed by atoms with Crippen LogP contribution >= 0.6 is 0 Å². The van der Waals surface area contributed by atoms with E-state index in [-0.39, 0.29) is 11.2 Å². The molecule has 0 saturated carbocycles. The molecule has 7 heteroatoms. The normalized spacial score (nSPS) is 11.4. The Balaban J connectivity index is 1.49. The van der Waals surface area contributed by atoms with E-state index in [1.54, 1.807) is 25.3 Å². The molecule has 0 atom stereocenters. The highest BCUT2D eigenvalue weighted by atomic mass is 16.5. The molecule has 0 amide bonds. The average Bonchev–Trinajstić information content (AvgIpc) is 3.33. The topological polar surface area (TPSA) is 102 Å². The number of fused-ring (bicyclic) bond motifs is 3. The van der Waals surface area contributed by atoms with Gasteiger partial charge in [0.05, 0.1) is 19.6 Å². The van der Waals surface area contributed by atoms with Crippen molar-refractivity contribution in [3.63, 3.8) is 0 Å². The largest absolute Gasteiger partial charge is 0.504 e. The number of hydrogen-bond acceptors (Lipinski definition) is 7. The van der Waals surface area contributed by atoms with E-state index in [9.17, 15) is 9.90 Å². The van der Waals surface area contributed by atoms with Crippen molar-refractivity contribution >= 4 is 21.9 Å². The van der Waals surface area contributed by atoms with Crippen molar-refractivity contribution < 1.29 is 28.5 Å². The fourth-order valence-corrected chi connectivity index (χ4v) is 4.76. The zero-order valence-electron chi connectivity index (χ0n) is 21.7. The smallest absolute Gasteiger partial charge is 0.197 e. The molecule has 0 aliphatic heterocycles. The summed E-state index contributed by atoms with van der Waals surface area (Å²) in [7, 11) is 3.05. The van der Waals surface area contributed by atoms with Crippen LogP contribution in [0.2, 0.25) is 0 Å². The van der Waals surface area contributed by atoms with E-state index in [2.05, 4.69) is 0 Å². The lowest BCUT2D eigenvalue weighted by molar-refractivity contribution is 0.282. The quantitative estimate of drug-likeness (QED) is 0.177. The van der Waals surface area contributed by atoms with Gasteiger partial charge in [-0.15, -0.1) is 0 Å². The molecule has 0 bridgehead atoms. The van der Waals surface area contributed by atoms with Crippen LogP contribution in [0, 0.1) is 0 Å². The molecule has 0 fully saturated rings. The minimum Gasteiger partial charge on any atom is -0.504 e. The SMILES string of the molecule is COc1cc(-c2cc(=O)c3c(cc(OC)c4cc(CCCCCCCCCCCO)oc43)o2)ccc1O. The summed E-state index contributed by atoms with van der Waals surface area (Å²) in [6.07, 6.45) is 11.1. The van der Waals surface area contributed by atoms with Gasteiger partial charge in [0.15, 0.2) is 22.5 Å². The Kier molecular flexibility index (Phi) is 9.12. The zero-order valence-corrected chi connectivity index (χ0v) is 21.7. The standard InChI is InChI=1S/C30H36O7/c1-34-26-19-28-29(24(33)18-25(37-28)20-13-14-23(32)27(16-20)35-2)30-22(26)17-21(36-30)12-10-8-6-4-3-5-7-9-11-15-31/h13-14,16-19,31-32H,3-12,15H2,1-2H3. The van der Waals surface area contributed by atoms with Crippen LogP contribution in [0.1, 0.15) is 63.5 Å². The Morgan fingerprint density at radius 1 is 0.784 bits per heavy atom. The summed E-state index contributed by atoms with van der Waals surface area (Å²) in [5.74, 6) is 2.08. The van der Waals surface area contributed by atoms with Crippen LogP contribution in [0.15, 0.2) is 50.0 Å². The van der Waals surface area contributed by atoms with Gasteiger partial charge in [-0.1, -0.05) is 44.9 Å². The van der Waals surface area contributed by atoms with Gasteiger partial charge in [0, 0.05) is 30.7 Å². The van der Waals surface area contributed by atoms with Gasteiger partial charge >= 0.3 is 0 Å². The summed E-state index contributed by atoms with van der Waals surface area (Å²) < 4.78 is 23.1. The summed E-state index contributed by atoms with van der Waals surface area (Å²) in [6.45, 7) is 0.296. The predicted octanol–water partition coefficient (Wildman–Crippen LogP) is 6.97. The van der Waals surface area contributed by atoms with Crippen molar-refractivity contribution in [1.29, 1.82) is 0 Å². The molecule has 7 nitrogen and oxygen atoms in total. The van der Waals surface area contributed by atoms with Gasteiger partial charge in [0.2, 0.25) is 0 Å². The van der Waals surface area contributed by atoms with E-state index in [0.29, 0.717) is 46.0 Å². The maximum absolute atomic E-state index is 13.2. The van der Waals surface area contributed by atoms with Crippen LogP contribution in [-0.4, -0.2) is 31.0 Å². The second kappa shape index (κ2) is 12.7. The summed E-state index contributed by atoms with van der Waals surface area (Å²) >= 11 is 0. The first-order valence-electron chi connectivity index (χ1n) is 13.1. The Labute approximate surface area is 216 Å². The van der Waals surface area contributed by atoms with Crippen LogP contribution in [-0.2, 0) is 6.42 Å². The van der Waals surface area contributed by atoms with Crippen molar-refractivity contribution in [3.05, 3.63) is 52.4 Å². The van der Waals surface area contributed by atoms with Crippen LogP contribution < -0.4 is 14.9 Å². The molecule has 198 valence electrons. The van der Waals surface area contributed by atoms with Crippen molar-refractivity contribution in [2.75, 3.05) is 20.8 Å². The molecule has 2 N–H and O–H groups in total. The Hall–Kier alpha value is -3.45. The number of phenolic OH excluding ortho intramolecular Hbond substituents is 1. The molecule has 0 unspecified atom stereocenters. The van der Waals surface area contributed by atoms with Crippen LogP contribution in [0.25, 0.3) is 33.3 Å². The minimum absolute atomic E-state index is 0.00937. The van der Waals surface area contributed by atoms with Crippen LogP contribution in [0.3, 0.4) is 0 Å². The van der Waals surface area contributed by atoms with Gasteiger partial charge < -0.3 is 28.5 Å². The molecular formula is C30H36O7. The monoisotopic (exact) mass is 508 g/mol. The van der Waals surface area contributed by atoms with Crippen LogP contribution in [0.4, 0.5) is 0 Å². The van der Waals surface area contributed by atoms with Crippen molar-refractivity contribution in [2.45, 2.75) is 64.2 Å². The molecule has 0 aliphatic carbocycles. The van der Waals surface area contributed by atoms with E-state index in [1.165, 1.54) is 51.3 Å². The number of aromatic hydroxyl groups is 1. The van der Waals surface area contributed by atoms with Crippen LogP contribution in [0.5, 0.6) is 17.2 Å². The number of furan rings is 1. The highest BCUT2D eigenvalue weighted by Crippen LogP contribution is 2.37. The molecule has 0 aliphatic rings. The van der Waals surface area contributed by atoms with Crippen molar-refractivity contribution in [1.82, 2.24) is 0 Å². The molecule has 0 radical (unpaired) electrons. The number of benzene rings is 2. The van der Waals surface area contributed by atoms with Gasteiger partial charge in [0.25, 0.3) is 0 Å². The van der Waals surface area contributed by atoms with Gasteiger partial charge in [-0.05, 0) is 37.1 Å². The Bertz CT molecular complexity index is 1380. The molecule has 0 saturated heterocycles. The number of hydrogen-bond donors (Lipinski definition) is 2. The second-order valence-corrected chi connectivity index (χ2v) is 9.42. The van der Waals surface area contributed by atoms with Gasteiger partial charge in [-0.3, -0.25) is 4.79 Å². The van der Waals surface area contributed by atoms with E-state index in [1.807, 2.05) is 6.07 Å². The first-order valence-corrected chi connectivity index (χ1v) is 13.1. The number of aliphatic hydroxyl groups is 1. The number of aryl methyl sites for hydroxylation is 1. The van der Waals surface area contributed by atoms with Gasteiger partial charge in [0.1, 0.15) is 28.2 Å². The summed E-state index contributed by atoms with van der Waals surface area (Å²) in [5, 5.41) is 19.9. The molecule has 0 spiro atoms. The number of methoxy groups -OCH3 is 2. The highest BCUT2D eigenvalue weighted by Gasteiger charge is 2.19. The van der Waals surface area contributed by atoms with E-state index < -0.39 is 0 Å². The van der Waals surface area contributed by atoms with E-state index >= 15 is 0 Å². The maximum atomic E-state index is 13.2. The van der Waals surface area contributed by atoms with Crippen molar-refractivity contribution in [3.8, 4) is 28.6 Å². The number of rotatable bonds is 14. The summed E-state index contributed by atoms with van der Waals surface area (Å²) in [4.78, 5) is 13.2. The minimum atomic E-state index is -0.212. The Morgan fingerprint density at radius 3 is 2.14 bits per heavy atom. The lowest BCUT2D eigenvalue weighted by Gasteiger charge is -2.08. The second-order valence-electron chi connectivity index (χ2n) is 9.42. The molecule has 37 heavy (non-hydrogen) atoms. The number of phenols is 1. The first kappa shape index (κ1) is 26.6. The highest BCUT2D eigenvalue weighted by molar-refractivity contribution is 6.05. The molecule has 2 heterocycles. The molecule has 4 aromatic rings. The number of aliphatic hydroxyl groups excluding tert-OH is 1. The van der Waals surface area contributed by atoms with Gasteiger partial charge in [-0.2, -0.15) is 0 Å². The third-order valence-corrected chi connectivity index (χ3v) is 6.78. The molecule has 2 aromatic heterocycles. The van der Waals surface area contributed by atoms with E-state index in [4.69, 9.17) is 23.4 Å². The fourth-order valence-electron chi connectivity index (χ4n) is 4.76. The third kappa shape index (κ3) is 6.28. The number of ether oxygens (including phenoxy) is 2. The average molecular weight is 509 g/mol. The predicted molar refractivity (Wildman–Crippen MR) is 145 cm³/mol. The molecular weight excluding hydrogens is 472 g/mol. The number of unbranched alkanes of at least 4 members (excludes halogenated alkanes) is 8. The maximum Gasteiger partial charge on any atom is 0.197 e. The fraction of sp³-hybridized carbons (Fsp3) is 0.433. The van der Waals surface area contributed by atoms with E-state index in [0.717, 1.165) is 43.3 Å². The van der Waals surface area contributed by atoms with Gasteiger partial charge in [-0.25, -0.2) is 0 Å². The Morgan fingerprint density at radius 2 is 1.46 bits per heavy atom. The lowest BCUT2D eigenvalue weighted by atomic mass is 10.1. The zero-order chi connectivity index (χ0) is 26.2. The first-order chi connectivity index (χ1) is 18.0. The summed E-state index contributed by atoms with van der Waals surface area (Å²) in [6, 6.07) is 9.91. The molecule has 2 aromatic carbocycles. The van der Waals surface area contributed by atoms with Crippen molar-refractivity contribution in [2.24, 2.45) is 0 Å². The lowest BCUT2D eigenvalue weighted by Crippen LogP contribution is -2.01. The third-order valence-electron chi connectivity index (χ3n) is 6.78. The summed E-state index contributed by atoms with van der Waals surface area (Å²) in [5.41, 5.74) is 1.25.